The second-order valence-electron chi connectivity index (χ2n) is 5.56. The summed E-state index contributed by atoms with van der Waals surface area (Å²) in [6, 6.07) is 25.9. The van der Waals surface area contributed by atoms with Crippen molar-refractivity contribution in [2.45, 2.75) is 24.9 Å². The highest BCUT2D eigenvalue weighted by Crippen LogP contribution is 2.27. The molecule has 24 heavy (non-hydrogen) atoms. The summed E-state index contributed by atoms with van der Waals surface area (Å²) in [5.74, 6) is 0. The predicted molar refractivity (Wildman–Crippen MR) is 99.6 cm³/mol. The summed E-state index contributed by atoms with van der Waals surface area (Å²) in [5.41, 5.74) is 5.11. The maximum Gasteiger partial charge on any atom is 0.240 e. The van der Waals surface area contributed by atoms with Crippen molar-refractivity contribution in [1.82, 2.24) is 0 Å². The van der Waals surface area contributed by atoms with Crippen molar-refractivity contribution < 1.29 is 28.5 Å². The first-order valence-electron chi connectivity index (χ1n) is 8.06. The van der Waals surface area contributed by atoms with Crippen LogP contribution in [-0.2, 0) is 6.54 Å². The van der Waals surface area contributed by atoms with Crippen molar-refractivity contribution in [3.63, 3.8) is 0 Å². The van der Waals surface area contributed by atoms with Crippen LogP contribution in [0.25, 0.3) is 22.4 Å². The number of hydrogen-bond donors (Lipinski definition) is 0. The van der Waals surface area contributed by atoms with Gasteiger partial charge >= 0.3 is 0 Å². The van der Waals surface area contributed by atoms with Gasteiger partial charge in [0.05, 0.1) is 0 Å². The van der Waals surface area contributed by atoms with Gasteiger partial charge in [-0.05, 0) is 29.5 Å². The standard InChI is InChI=1S/C21H22NS.HI/c1-3-14-22-20(18-12-8-5-9-13-18)15-19(16-21(22)23-2)17-10-6-4-7-11-17;/h4-13,15-16H,3,14H2,1-2H3;1H/q+1;/p-1. The Labute approximate surface area is 166 Å². The molecular weight excluding hydrogens is 425 g/mol. The lowest BCUT2D eigenvalue weighted by Gasteiger charge is -2.10. The zero-order valence-electron chi connectivity index (χ0n) is 14.1. The molecule has 0 aliphatic rings. The minimum Gasteiger partial charge on any atom is -1.00 e. The molecule has 0 fully saturated rings. The van der Waals surface area contributed by atoms with E-state index in [0.29, 0.717) is 0 Å². The Bertz CT molecular complexity index is 773. The third kappa shape index (κ3) is 4.19. The Morgan fingerprint density at radius 3 is 1.92 bits per heavy atom. The molecule has 1 aromatic heterocycles. The van der Waals surface area contributed by atoms with E-state index in [1.807, 2.05) is 11.8 Å². The molecule has 0 atom stereocenters. The quantitative estimate of drug-likeness (QED) is 0.330. The van der Waals surface area contributed by atoms with Gasteiger partial charge in [-0.25, -0.2) is 0 Å². The van der Waals surface area contributed by atoms with Crippen LogP contribution in [0.15, 0.2) is 77.8 Å². The minimum atomic E-state index is 0. The van der Waals surface area contributed by atoms with E-state index in [4.69, 9.17) is 0 Å². The molecule has 0 saturated carbocycles. The van der Waals surface area contributed by atoms with Gasteiger partial charge in [-0.15, -0.1) is 0 Å². The molecule has 3 heteroatoms. The van der Waals surface area contributed by atoms with Gasteiger partial charge < -0.3 is 24.0 Å². The molecule has 1 nitrogen and oxygen atoms in total. The van der Waals surface area contributed by atoms with Crippen LogP contribution >= 0.6 is 11.8 Å². The van der Waals surface area contributed by atoms with Crippen LogP contribution in [-0.4, -0.2) is 6.26 Å². The Morgan fingerprint density at radius 2 is 1.38 bits per heavy atom. The van der Waals surface area contributed by atoms with Crippen molar-refractivity contribution in [1.29, 1.82) is 0 Å². The fourth-order valence-electron chi connectivity index (χ4n) is 2.87. The van der Waals surface area contributed by atoms with Crippen LogP contribution in [0, 0.1) is 0 Å². The molecule has 0 saturated heterocycles. The molecule has 124 valence electrons. The fourth-order valence-corrected chi connectivity index (χ4v) is 3.52. The summed E-state index contributed by atoms with van der Waals surface area (Å²) in [5, 5.41) is 1.31. The van der Waals surface area contributed by atoms with Crippen molar-refractivity contribution in [3.8, 4) is 22.4 Å². The lowest BCUT2D eigenvalue weighted by atomic mass is 10.0. The average molecular weight is 447 g/mol. The molecule has 0 radical (unpaired) electrons. The Morgan fingerprint density at radius 1 is 0.792 bits per heavy atom. The molecule has 0 spiro atoms. The van der Waals surface area contributed by atoms with E-state index in [0.717, 1.165) is 13.0 Å². The minimum absolute atomic E-state index is 0. The van der Waals surface area contributed by atoms with E-state index in [-0.39, 0.29) is 24.0 Å². The summed E-state index contributed by atoms with van der Waals surface area (Å²) in [6.07, 6.45) is 3.29. The van der Waals surface area contributed by atoms with Crippen LogP contribution in [0.1, 0.15) is 13.3 Å². The maximum atomic E-state index is 2.44. The molecule has 2 aromatic carbocycles. The smallest absolute Gasteiger partial charge is 0.240 e. The first-order valence-corrected chi connectivity index (χ1v) is 9.28. The molecular formula is C21H22INS. The van der Waals surface area contributed by atoms with E-state index in [1.54, 1.807) is 0 Å². The molecule has 0 amide bonds. The molecule has 0 unspecified atom stereocenters. The average Bonchev–Trinajstić information content (AvgIpc) is 2.63. The van der Waals surface area contributed by atoms with E-state index in [9.17, 15) is 0 Å². The third-order valence-corrected chi connectivity index (χ3v) is 4.72. The number of halogens is 1. The van der Waals surface area contributed by atoms with Crippen LogP contribution in [0.4, 0.5) is 0 Å². The highest BCUT2D eigenvalue weighted by atomic mass is 127. The molecule has 0 bridgehead atoms. The van der Waals surface area contributed by atoms with E-state index in [2.05, 4.69) is 90.5 Å². The summed E-state index contributed by atoms with van der Waals surface area (Å²) >= 11 is 1.82. The molecule has 0 aliphatic heterocycles. The lowest BCUT2D eigenvalue weighted by Crippen LogP contribution is -3.00. The molecule has 3 aromatic rings. The highest BCUT2D eigenvalue weighted by Gasteiger charge is 2.19. The Balaban J connectivity index is 0.00000208. The Hall–Kier alpha value is -1.33. The fraction of sp³-hybridized carbons (Fsp3) is 0.190. The number of nitrogens with zero attached hydrogens (tertiary/aromatic N) is 1. The third-order valence-electron chi connectivity index (χ3n) is 3.96. The van der Waals surface area contributed by atoms with Gasteiger partial charge in [-0.1, -0.05) is 67.2 Å². The summed E-state index contributed by atoms with van der Waals surface area (Å²) in [6.45, 7) is 3.27. The van der Waals surface area contributed by atoms with Gasteiger partial charge in [0.15, 0.2) is 0 Å². The van der Waals surface area contributed by atoms with Crippen LogP contribution in [0.2, 0.25) is 0 Å². The second-order valence-corrected chi connectivity index (χ2v) is 6.38. The molecule has 0 N–H and O–H groups in total. The number of rotatable bonds is 5. The number of pyridine rings is 1. The largest absolute Gasteiger partial charge is 1.00 e. The predicted octanol–water partition coefficient (Wildman–Crippen LogP) is 2.44. The number of aromatic nitrogens is 1. The van der Waals surface area contributed by atoms with Gasteiger partial charge in [0, 0.05) is 24.1 Å². The lowest BCUT2D eigenvalue weighted by molar-refractivity contribution is -0.722. The number of benzene rings is 2. The summed E-state index contributed by atoms with van der Waals surface area (Å²) in [4.78, 5) is 0. The van der Waals surface area contributed by atoms with Crippen LogP contribution < -0.4 is 28.5 Å². The van der Waals surface area contributed by atoms with Crippen molar-refractivity contribution in [2.24, 2.45) is 0 Å². The number of hydrogen-bond acceptors (Lipinski definition) is 1. The summed E-state index contributed by atoms with van der Waals surface area (Å²) < 4.78 is 2.44. The van der Waals surface area contributed by atoms with Gasteiger partial charge in [-0.3, -0.25) is 0 Å². The van der Waals surface area contributed by atoms with Gasteiger partial charge in [-0.2, -0.15) is 4.57 Å². The first-order chi connectivity index (χ1) is 11.3. The van der Waals surface area contributed by atoms with E-state index in [1.165, 1.54) is 27.4 Å². The van der Waals surface area contributed by atoms with E-state index < -0.39 is 0 Å². The highest BCUT2D eigenvalue weighted by molar-refractivity contribution is 7.98. The topological polar surface area (TPSA) is 3.88 Å². The van der Waals surface area contributed by atoms with Gasteiger partial charge in [0.25, 0.3) is 0 Å². The molecule has 3 rings (SSSR count). The van der Waals surface area contributed by atoms with Gasteiger partial charge in [0.1, 0.15) is 6.54 Å². The molecule has 0 aliphatic carbocycles. The number of thioether (sulfide) groups is 1. The molecule has 1 heterocycles. The van der Waals surface area contributed by atoms with Gasteiger partial charge in [0.2, 0.25) is 10.7 Å². The SMILES string of the molecule is CCC[n+]1c(SC)cc(-c2ccccc2)cc1-c1ccccc1.[I-]. The normalized spacial score (nSPS) is 10.2. The zero-order chi connectivity index (χ0) is 16.1. The Kier molecular flexibility index (Phi) is 7.31. The van der Waals surface area contributed by atoms with Crippen molar-refractivity contribution in [2.75, 3.05) is 6.26 Å². The van der Waals surface area contributed by atoms with Crippen LogP contribution in [0.5, 0.6) is 0 Å². The second kappa shape index (κ2) is 9.23. The monoisotopic (exact) mass is 447 g/mol. The van der Waals surface area contributed by atoms with Crippen molar-refractivity contribution >= 4 is 11.8 Å². The van der Waals surface area contributed by atoms with E-state index >= 15 is 0 Å². The maximum absolute atomic E-state index is 2.44. The van der Waals surface area contributed by atoms with Crippen molar-refractivity contribution in [3.05, 3.63) is 72.8 Å². The summed E-state index contributed by atoms with van der Waals surface area (Å²) in [7, 11) is 0. The van der Waals surface area contributed by atoms with Crippen LogP contribution in [0.3, 0.4) is 0 Å². The zero-order valence-corrected chi connectivity index (χ0v) is 17.0. The first kappa shape index (κ1) is 19.0.